The number of hydrogen-bond donors (Lipinski definition) is 0. The monoisotopic (exact) mass is 287 g/mol. The summed E-state index contributed by atoms with van der Waals surface area (Å²) in [5, 5.41) is 8.80. The zero-order valence-corrected chi connectivity index (χ0v) is 10.9. The first-order valence-corrected chi connectivity index (χ1v) is 5.67. The van der Waals surface area contributed by atoms with Gasteiger partial charge in [-0.1, -0.05) is 0 Å². The lowest BCUT2D eigenvalue weighted by Crippen LogP contribution is -2.12. The van der Waals surface area contributed by atoms with Gasteiger partial charge in [-0.05, 0) is 19.1 Å². The van der Waals surface area contributed by atoms with Crippen LogP contribution in [0.2, 0.25) is 0 Å². The summed E-state index contributed by atoms with van der Waals surface area (Å²) in [5.41, 5.74) is -1.47. The molecule has 0 aliphatic rings. The molecule has 108 valence electrons. The number of alkyl halides is 3. The molecule has 1 rings (SSSR count). The van der Waals surface area contributed by atoms with Crippen molar-refractivity contribution in [2.24, 2.45) is 0 Å². The maximum Gasteiger partial charge on any atom is 0.417 e. The third-order valence-electron chi connectivity index (χ3n) is 2.49. The first-order chi connectivity index (χ1) is 9.33. The number of nitrogens with zero attached hydrogens (tertiary/aromatic N) is 1. The van der Waals surface area contributed by atoms with Gasteiger partial charge in [0.05, 0.1) is 37.3 Å². The summed E-state index contributed by atoms with van der Waals surface area (Å²) in [4.78, 5) is 11.4. The van der Waals surface area contributed by atoms with E-state index in [1.165, 1.54) is 13.2 Å². The average Bonchev–Trinajstić information content (AvgIpc) is 2.37. The molecule has 0 aromatic heterocycles. The summed E-state index contributed by atoms with van der Waals surface area (Å²) >= 11 is 0. The Bertz CT molecular complexity index is 547. The molecule has 7 heteroatoms. The van der Waals surface area contributed by atoms with Gasteiger partial charge in [0.1, 0.15) is 5.75 Å². The van der Waals surface area contributed by atoms with Crippen LogP contribution in [-0.2, 0) is 22.1 Å². The molecule has 0 saturated heterocycles. The minimum absolute atomic E-state index is 0.107. The highest BCUT2D eigenvalue weighted by Crippen LogP contribution is 2.36. The van der Waals surface area contributed by atoms with Crippen LogP contribution in [0.25, 0.3) is 0 Å². The number of rotatable bonds is 4. The lowest BCUT2D eigenvalue weighted by molar-refractivity contribution is -0.142. The largest absolute Gasteiger partial charge is 0.496 e. The molecule has 0 aliphatic carbocycles. The number of methoxy groups -OCH3 is 1. The lowest BCUT2D eigenvalue weighted by Gasteiger charge is -2.14. The summed E-state index contributed by atoms with van der Waals surface area (Å²) in [6.45, 7) is 1.77. The molecular formula is C13H12F3NO3. The predicted molar refractivity (Wildman–Crippen MR) is 63.0 cm³/mol. The van der Waals surface area contributed by atoms with E-state index in [1.54, 1.807) is 6.92 Å². The van der Waals surface area contributed by atoms with Crippen LogP contribution >= 0.6 is 0 Å². The van der Waals surface area contributed by atoms with Gasteiger partial charge in [0, 0.05) is 5.56 Å². The highest BCUT2D eigenvalue weighted by molar-refractivity contribution is 5.74. The fourth-order valence-electron chi connectivity index (χ4n) is 1.65. The van der Waals surface area contributed by atoms with E-state index >= 15 is 0 Å². The Balaban J connectivity index is 3.27. The fourth-order valence-corrected chi connectivity index (χ4v) is 1.65. The summed E-state index contributed by atoms with van der Waals surface area (Å²) in [6.07, 6.45) is -4.93. The first kappa shape index (κ1) is 15.8. The van der Waals surface area contributed by atoms with Crippen LogP contribution in [0.15, 0.2) is 12.1 Å². The molecule has 0 spiro atoms. The number of esters is 1. The Labute approximate surface area is 113 Å². The van der Waals surface area contributed by atoms with Crippen molar-refractivity contribution in [3.8, 4) is 11.8 Å². The maximum atomic E-state index is 12.8. The highest BCUT2D eigenvalue weighted by atomic mass is 19.4. The van der Waals surface area contributed by atoms with Crippen molar-refractivity contribution in [3.05, 3.63) is 28.8 Å². The zero-order chi connectivity index (χ0) is 15.3. The van der Waals surface area contributed by atoms with Crippen LogP contribution in [0.1, 0.15) is 23.6 Å². The highest BCUT2D eigenvalue weighted by Gasteiger charge is 2.35. The van der Waals surface area contributed by atoms with Crippen LogP contribution < -0.4 is 4.74 Å². The number of carbonyl (C=O) groups excluding carboxylic acids is 1. The quantitative estimate of drug-likeness (QED) is 0.799. The molecule has 4 nitrogen and oxygen atoms in total. The first-order valence-electron chi connectivity index (χ1n) is 5.67. The number of benzene rings is 1. The molecule has 1 aromatic carbocycles. The van der Waals surface area contributed by atoms with Crippen LogP contribution in [0, 0.1) is 11.3 Å². The van der Waals surface area contributed by atoms with Crippen molar-refractivity contribution in [3.63, 3.8) is 0 Å². The Morgan fingerprint density at radius 2 is 2.05 bits per heavy atom. The van der Waals surface area contributed by atoms with Gasteiger partial charge in [0.25, 0.3) is 0 Å². The molecule has 0 radical (unpaired) electrons. The summed E-state index contributed by atoms with van der Waals surface area (Å²) in [5.74, 6) is -0.709. The Morgan fingerprint density at radius 3 is 2.50 bits per heavy atom. The zero-order valence-electron chi connectivity index (χ0n) is 10.9. The van der Waals surface area contributed by atoms with E-state index in [4.69, 9.17) is 14.7 Å². The number of halogens is 3. The van der Waals surface area contributed by atoms with Crippen molar-refractivity contribution in [2.45, 2.75) is 19.5 Å². The van der Waals surface area contributed by atoms with E-state index in [0.717, 1.165) is 6.07 Å². The molecule has 0 bridgehead atoms. The van der Waals surface area contributed by atoms with Crippen molar-refractivity contribution >= 4 is 5.97 Å². The molecule has 0 N–H and O–H groups in total. The van der Waals surface area contributed by atoms with Crippen molar-refractivity contribution < 1.29 is 27.4 Å². The fraction of sp³-hybridized carbons (Fsp3) is 0.385. The molecule has 0 aliphatic heterocycles. The topological polar surface area (TPSA) is 59.3 Å². The maximum absolute atomic E-state index is 12.8. The van der Waals surface area contributed by atoms with Gasteiger partial charge in [-0.25, -0.2) is 0 Å². The second-order valence-corrected chi connectivity index (χ2v) is 3.80. The van der Waals surface area contributed by atoms with E-state index in [-0.39, 0.29) is 24.3 Å². The molecule has 0 fully saturated rings. The summed E-state index contributed by atoms with van der Waals surface area (Å²) in [7, 11) is 1.19. The third kappa shape index (κ3) is 3.63. The van der Waals surface area contributed by atoms with Gasteiger partial charge in [-0.15, -0.1) is 0 Å². The molecule has 20 heavy (non-hydrogen) atoms. The van der Waals surface area contributed by atoms with E-state index < -0.39 is 23.3 Å². The van der Waals surface area contributed by atoms with Crippen LogP contribution in [0.3, 0.4) is 0 Å². The smallest absolute Gasteiger partial charge is 0.417 e. The molecule has 0 amide bonds. The third-order valence-corrected chi connectivity index (χ3v) is 2.49. The summed E-state index contributed by atoms with van der Waals surface area (Å²) < 4.78 is 47.9. The van der Waals surface area contributed by atoms with Gasteiger partial charge in [0.15, 0.2) is 0 Å². The summed E-state index contributed by atoms with van der Waals surface area (Å²) in [6, 6.07) is 3.19. The van der Waals surface area contributed by atoms with Crippen molar-refractivity contribution in [2.75, 3.05) is 13.7 Å². The number of nitriles is 1. The van der Waals surface area contributed by atoms with Crippen LogP contribution in [-0.4, -0.2) is 19.7 Å². The SMILES string of the molecule is CCOC(=O)Cc1cc(C#N)c(C(F)(F)F)cc1OC. The van der Waals surface area contributed by atoms with Gasteiger partial charge in [-0.2, -0.15) is 18.4 Å². The Kier molecular flexibility index (Phi) is 4.97. The second-order valence-electron chi connectivity index (χ2n) is 3.80. The molecular weight excluding hydrogens is 275 g/mol. The number of carbonyl (C=O) groups is 1. The molecule has 0 unspecified atom stereocenters. The second kappa shape index (κ2) is 6.28. The predicted octanol–water partition coefficient (Wildman–Crippen LogP) is 2.69. The molecule has 1 aromatic rings. The number of ether oxygens (including phenoxy) is 2. The van der Waals surface area contributed by atoms with Crippen molar-refractivity contribution in [1.29, 1.82) is 5.26 Å². The van der Waals surface area contributed by atoms with E-state index in [1.807, 2.05) is 0 Å². The van der Waals surface area contributed by atoms with E-state index in [9.17, 15) is 18.0 Å². The minimum Gasteiger partial charge on any atom is -0.496 e. The van der Waals surface area contributed by atoms with Crippen LogP contribution in [0.5, 0.6) is 5.75 Å². The lowest BCUT2D eigenvalue weighted by atomic mass is 10.0. The Hall–Kier alpha value is -2.23. The van der Waals surface area contributed by atoms with Gasteiger partial charge in [0.2, 0.25) is 0 Å². The van der Waals surface area contributed by atoms with Gasteiger partial charge >= 0.3 is 12.1 Å². The van der Waals surface area contributed by atoms with Gasteiger partial charge < -0.3 is 9.47 Å². The van der Waals surface area contributed by atoms with Crippen molar-refractivity contribution in [1.82, 2.24) is 0 Å². The normalized spacial score (nSPS) is 10.8. The molecule has 0 atom stereocenters. The average molecular weight is 287 g/mol. The van der Waals surface area contributed by atoms with Gasteiger partial charge in [-0.3, -0.25) is 4.79 Å². The van der Waals surface area contributed by atoms with E-state index in [2.05, 4.69) is 0 Å². The number of hydrogen-bond acceptors (Lipinski definition) is 4. The molecule has 0 heterocycles. The molecule has 0 saturated carbocycles. The van der Waals surface area contributed by atoms with E-state index in [0.29, 0.717) is 6.07 Å². The Morgan fingerprint density at radius 1 is 1.40 bits per heavy atom. The minimum atomic E-state index is -4.67. The van der Waals surface area contributed by atoms with Crippen LogP contribution in [0.4, 0.5) is 13.2 Å². The standard InChI is InChI=1S/C13H12F3NO3/c1-3-20-12(18)5-8-4-9(7-17)10(13(14,15)16)6-11(8)19-2/h4,6H,3,5H2,1-2H3.